The number of unbranched alkanes of at least 4 members (excludes halogenated alkanes) is 10. The number of hydrogen-bond acceptors (Lipinski definition) is 3. The number of allylic oxidation sites excluding steroid dienone is 2. The van der Waals surface area contributed by atoms with Crippen LogP contribution >= 0.6 is 0 Å². The molecule has 0 heterocycles. The largest absolute Gasteiger partial charge is 0.480 e. The third kappa shape index (κ3) is 17.9. The molecule has 0 spiro atoms. The number of ether oxygens (including phenoxy) is 1. The molecule has 1 atom stereocenters. The Kier molecular flexibility index (Phi) is 15.5. The molecule has 2 N–H and O–H groups in total. The van der Waals surface area contributed by atoms with Crippen molar-refractivity contribution in [1.29, 1.82) is 0 Å². The third-order valence-electron chi connectivity index (χ3n) is 4.49. The number of carbonyl (C=O) groups is 2. The van der Waals surface area contributed by atoms with E-state index in [-0.39, 0.29) is 0 Å². The highest BCUT2D eigenvalue weighted by molar-refractivity contribution is 5.79. The molecule has 5 heteroatoms. The smallest absolute Gasteiger partial charge is 0.408 e. The second-order valence-corrected chi connectivity index (χ2v) is 8.56. The number of rotatable bonds is 16. The zero-order chi connectivity index (χ0) is 21.3. The van der Waals surface area contributed by atoms with E-state index < -0.39 is 23.7 Å². The van der Waals surface area contributed by atoms with Crippen LogP contribution in [0.3, 0.4) is 0 Å². The molecule has 0 aromatic rings. The molecule has 0 aliphatic carbocycles. The number of aliphatic carboxylic acids is 1. The number of carboxylic acids is 1. The molecule has 28 heavy (non-hydrogen) atoms. The molecule has 0 saturated heterocycles. The van der Waals surface area contributed by atoms with Gasteiger partial charge in [0, 0.05) is 0 Å². The van der Waals surface area contributed by atoms with Crippen molar-refractivity contribution in [3.8, 4) is 0 Å². The number of alkyl carbamates (subject to hydrolysis) is 1. The van der Waals surface area contributed by atoms with Crippen LogP contribution in [0.15, 0.2) is 12.2 Å². The highest BCUT2D eigenvalue weighted by atomic mass is 16.6. The van der Waals surface area contributed by atoms with Crippen LogP contribution < -0.4 is 5.32 Å². The van der Waals surface area contributed by atoms with E-state index in [1.807, 2.05) is 0 Å². The quantitative estimate of drug-likeness (QED) is 0.227. The van der Waals surface area contributed by atoms with Gasteiger partial charge >= 0.3 is 12.1 Å². The predicted octanol–water partition coefficient (Wildman–Crippen LogP) is 6.61. The van der Waals surface area contributed by atoms with Crippen molar-refractivity contribution in [2.75, 3.05) is 0 Å². The van der Waals surface area contributed by atoms with E-state index in [1.165, 1.54) is 44.9 Å². The second kappa shape index (κ2) is 16.4. The molecule has 1 unspecified atom stereocenters. The Hall–Kier alpha value is -1.52. The van der Waals surface area contributed by atoms with Gasteiger partial charge in [0.25, 0.3) is 0 Å². The monoisotopic (exact) mass is 397 g/mol. The van der Waals surface area contributed by atoms with Crippen molar-refractivity contribution >= 4 is 12.1 Å². The van der Waals surface area contributed by atoms with E-state index in [9.17, 15) is 14.7 Å². The Morgan fingerprint density at radius 1 is 0.893 bits per heavy atom. The Morgan fingerprint density at radius 3 is 1.89 bits per heavy atom. The Labute approximate surface area is 172 Å². The van der Waals surface area contributed by atoms with Crippen LogP contribution in [-0.4, -0.2) is 28.8 Å². The van der Waals surface area contributed by atoms with Crippen LogP contribution in [0.25, 0.3) is 0 Å². The van der Waals surface area contributed by atoms with E-state index in [1.54, 1.807) is 20.8 Å². The molecule has 0 bridgehead atoms. The van der Waals surface area contributed by atoms with Crippen LogP contribution in [0, 0.1) is 0 Å². The van der Waals surface area contributed by atoms with Crippen molar-refractivity contribution in [1.82, 2.24) is 5.32 Å². The van der Waals surface area contributed by atoms with E-state index in [0.717, 1.165) is 32.1 Å². The molecule has 0 aliphatic heterocycles. The van der Waals surface area contributed by atoms with Gasteiger partial charge < -0.3 is 15.2 Å². The minimum atomic E-state index is -1.01. The summed E-state index contributed by atoms with van der Waals surface area (Å²) < 4.78 is 5.12. The maximum atomic E-state index is 11.7. The number of amides is 1. The fourth-order valence-electron chi connectivity index (χ4n) is 2.95. The molecule has 0 fully saturated rings. The highest BCUT2D eigenvalue weighted by Gasteiger charge is 2.23. The van der Waals surface area contributed by atoms with Gasteiger partial charge in [0.15, 0.2) is 0 Å². The molecule has 5 nitrogen and oxygen atoms in total. The molecule has 0 saturated carbocycles. The average molecular weight is 398 g/mol. The van der Waals surface area contributed by atoms with Crippen molar-refractivity contribution in [2.45, 2.75) is 123 Å². The molecule has 0 rings (SSSR count). The van der Waals surface area contributed by atoms with Gasteiger partial charge in [0.2, 0.25) is 0 Å². The molecule has 1 amide bonds. The van der Waals surface area contributed by atoms with Crippen molar-refractivity contribution in [2.24, 2.45) is 0 Å². The number of carboxylic acid groups (broad SMARTS) is 1. The lowest BCUT2D eigenvalue weighted by Gasteiger charge is -2.22. The summed E-state index contributed by atoms with van der Waals surface area (Å²) in [6.07, 6.45) is 18.6. The lowest BCUT2D eigenvalue weighted by atomic mass is 10.1. The first-order valence-electron chi connectivity index (χ1n) is 11.1. The van der Waals surface area contributed by atoms with Crippen molar-refractivity contribution < 1.29 is 19.4 Å². The first kappa shape index (κ1) is 26.5. The minimum Gasteiger partial charge on any atom is -0.480 e. The fourth-order valence-corrected chi connectivity index (χ4v) is 2.95. The van der Waals surface area contributed by atoms with Crippen LogP contribution in [0.1, 0.15) is 111 Å². The average Bonchev–Trinajstić information content (AvgIpc) is 2.59. The van der Waals surface area contributed by atoms with E-state index in [2.05, 4.69) is 24.4 Å². The molecule has 0 aromatic heterocycles. The van der Waals surface area contributed by atoms with Crippen LogP contribution in [0.5, 0.6) is 0 Å². The van der Waals surface area contributed by atoms with Gasteiger partial charge in [-0.1, -0.05) is 70.4 Å². The first-order chi connectivity index (χ1) is 13.3. The van der Waals surface area contributed by atoms with Gasteiger partial charge in [0.1, 0.15) is 11.6 Å². The summed E-state index contributed by atoms with van der Waals surface area (Å²) in [5.41, 5.74) is -0.629. The molecule has 164 valence electrons. The van der Waals surface area contributed by atoms with Gasteiger partial charge in [-0.15, -0.1) is 0 Å². The Bertz CT molecular complexity index is 440. The normalized spacial score (nSPS) is 12.9. The third-order valence-corrected chi connectivity index (χ3v) is 4.49. The summed E-state index contributed by atoms with van der Waals surface area (Å²) in [6, 6.07) is -0.882. The van der Waals surface area contributed by atoms with Gasteiger partial charge in [-0.25, -0.2) is 9.59 Å². The highest BCUT2D eigenvalue weighted by Crippen LogP contribution is 2.11. The number of hydrogen-bond donors (Lipinski definition) is 2. The molecule has 0 radical (unpaired) electrons. The molecular weight excluding hydrogens is 354 g/mol. The topological polar surface area (TPSA) is 75.6 Å². The Balaban J connectivity index is 3.69. The van der Waals surface area contributed by atoms with Gasteiger partial charge in [-0.3, -0.25) is 0 Å². The van der Waals surface area contributed by atoms with Gasteiger partial charge in [-0.05, 0) is 52.9 Å². The minimum absolute atomic E-state index is 0.433. The summed E-state index contributed by atoms with van der Waals surface area (Å²) in [5, 5.41) is 11.7. The maximum Gasteiger partial charge on any atom is 0.408 e. The van der Waals surface area contributed by atoms with Gasteiger partial charge in [-0.2, -0.15) is 0 Å². The predicted molar refractivity (Wildman–Crippen MR) is 116 cm³/mol. The summed E-state index contributed by atoms with van der Waals surface area (Å²) in [6.45, 7) is 7.51. The first-order valence-corrected chi connectivity index (χ1v) is 11.1. The van der Waals surface area contributed by atoms with E-state index in [0.29, 0.717) is 6.42 Å². The summed E-state index contributed by atoms with van der Waals surface area (Å²) >= 11 is 0. The number of carbonyl (C=O) groups excluding carboxylic acids is 1. The Morgan fingerprint density at radius 2 is 1.39 bits per heavy atom. The summed E-state index contributed by atoms with van der Waals surface area (Å²) in [5.74, 6) is -1.01. The zero-order valence-corrected chi connectivity index (χ0v) is 18.6. The van der Waals surface area contributed by atoms with E-state index >= 15 is 0 Å². The second-order valence-electron chi connectivity index (χ2n) is 8.56. The maximum absolute atomic E-state index is 11.7. The lowest BCUT2D eigenvalue weighted by Crippen LogP contribution is -2.43. The fraction of sp³-hybridized carbons (Fsp3) is 0.826. The lowest BCUT2D eigenvalue weighted by molar-refractivity contribution is -0.139. The summed E-state index contributed by atoms with van der Waals surface area (Å²) in [7, 11) is 0. The summed E-state index contributed by atoms with van der Waals surface area (Å²) in [4.78, 5) is 23.0. The zero-order valence-electron chi connectivity index (χ0n) is 18.6. The van der Waals surface area contributed by atoms with Crippen molar-refractivity contribution in [3.05, 3.63) is 12.2 Å². The standard InChI is InChI=1S/C23H43NO4/c1-5-6-7-8-9-10-11-12-13-14-15-16-17-18-19-20(21(25)26)24-22(27)28-23(2,3)4/h12-13,20H,5-11,14-19H2,1-4H3,(H,24,27)(H,25,26). The number of nitrogens with one attached hydrogen (secondary N) is 1. The van der Waals surface area contributed by atoms with E-state index in [4.69, 9.17) is 4.74 Å². The molecule has 0 aromatic carbocycles. The van der Waals surface area contributed by atoms with Crippen LogP contribution in [-0.2, 0) is 9.53 Å². The van der Waals surface area contributed by atoms with Crippen molar-refractivity contribution in [3.63, 3.8) is 0 Å². The molecule has 0 aliphatic rings. The molecular formula is C23H43NO4. The van der Waals surface area contributed by atoms with Crippen LogP contribution in [0.4, 0.5) is 4.79 Å². The van der Waals surface area contributed by atoms with Crippen LogP contribution in [0.2, 0.25) is 0 Å². The van der Waals surface area contributed by atoms with Gasteiger partial charge in [0.05, 0.1) is 0 Å². The SMILES string of the molecule is CCCCCCCCC=CCCCCCCC(NC(=O)OC(C)(C)C)C(=O)O.